The van der Waals surface area contributed by atoms with E-state index in [4.69, 9.17) is 10.5 Å². The number of nitrogens with zero attached hydrogens (tertiary/aromatic N) is 1. The third kappa shape index (κ3) is 3.27. The molecule has 0 saturated heterocycles. The number of nitrogen functional groups attached to an aromatic ring is 1. The summed E-state index contributed by atoms with van der Waals surface area (Å²) in [6.45, 7) is 2.36. The van der Waals surface area contributed by atoms with Gasteiger partial charge in [0, 0.05) is 0 Å². The molecule has 2 rings (SSSR count). The zero-order valence-corrected chi connectivity index (χ0v) is 12.5. The Morgan fingerprint density at radius 1 is 1.45 bits per heavy atom. The van der Waals surface area contributed by atoms with Crippen molar-refractivity contribution in [2.75, 3.05) is 17.7 Å². The largest absolute Gasteiger partial charge is 0.493 e. The molecule has 0 aliphatic carbocycles. The minimum Gasteiger partial charge on any atom is -0.493 e. The first-order valence-electron chi connectivity index (χ1n) is 6.06. The van der Waals surface area contributed by atoms with Crippen molar-refractivity contribution < 1.29 is 9.53 Å². The van der Waals surface area contributed by atoms with E-state index in [1.807, 2.05) is 13.0 Å². The van der Waals surface area contributed by atoms with Crippen molar-refractivity contribution in [3.05, 3.63) is 46.6 Å². The molecule has 20 heavy (non-hydrogen) atoms. The maximum Gasteiger partial charge on any atom is 0.260 e. The van der Waals surface area contributed by atoms with E-state index in [1.165, 1.54) is 6.20 Å². The van der Waals surface area contributed by atoms with E-state index in [0.29, 0.717) is 33.9 Å². The number of carbonyl (C=O) groups is 1. The summed E-state index contributed by atoms with van der Waals surface area (Å²) in [7, 11) is 0. The second-order valence-electron chi connectivity index (χ2n) is 3.98. The zero-order valence-electron chi connectivity index (χ0n) is 10.9. The summed E-state index contributed by atoms with van der Waals surface area (Å²) in [6, 6.07) is 8.73. The Labute approximate surface area is 125 Å². The van der Waals surface area contributed by atoms with Crippen LogP contribution in [0.25, 0.3) is 0 Å². The second kappa shape index (κ2) is 6.38. The van der Waals surface area contributed by atoms with Gasteiger partial charge in [-0.3, -0.25) is 4.79 Å². The van der Waals surface area contributed by atoms with Gasteiger partial charge in [-0.2, -0.15) is 0 Å². The lowest BCUT2D eigenvalue weighted by molar-refractivity contribution is 0.102. The van der Waals surface area contributed by atoms with Gasteiger partial charge in [0.15, 0.2) is 0 Å². The molecule has 1 amide bonds. The van der Waals surface area contributed by atoms with Gasteiger partial charge >= 0.3 is 0 Å². The summed E-state index contributed by atoms with van der Waals surface area (Å²) >= 11 is 3.31. The van der Waals surface area contributed by atoms with Crippen LogP contribution in [0.2, 0.25) is 0 Å². The molecule has 0 bridgehead atoms. The van der Waals surface area contributed by atoms with Gasteiger partial charge in [0.25, 0.3) is 5.91 Å². The fraction of sp³-hybridized carbons (Fsp3) is 0.143. The highest BCUT2D eigenvalue weighted by molar-refractivity contribution is 9.10. The number of hydrogen-bond donors (Lipinski definition) is 2. The van der Waals surface area contributed by atoms with Crippen LogP contribution in [0.5, 0.6) is 5.75 Å². The van der Waals surface area contributed by atoms with Crippen molar-refractivity contribution in [1.29, 1.82) is 0 Å². The third-order valence-electron chi connectivity index (χ3n) is 2.53. The fourth-order valence-electron chi connectivity index (χ4n) is 1.66. The van der Waals surface area contributed by atoms with E-state index < -0.39 is 0 Å². The van der Waals surface area contributed by atoms with Crippen molar-refractivity contribution >= 4 is 33.3 Å². The van der Waals surface area contributed by atoms with Crippen LogP contribution in [0.1, 0.15) is 17.3 Å². The molecular formula is C14H14BrN3O2. The predicted molar refractivity (Wildman–Crippen MR) is 81.9 cm³/mol. The summed E-state index contributed by atoms with van der Waals surface area (Å²) in [5.41, 5.74) is 6.58. The Morgan fingerprint density at radius 3 is 2.90 bits per heavy atom. The number of nitrogens with two attached hydrogens (primary N) is 1. The highest BCUT2D eigenvalue weighted by Crippen LogP contribution is 2.24. The number of pyridine rings is 1. The number of nitrogens with one attached hydrogen (secondary N) is 1. The number of carbonyl (C=O) groups excluding carboxylic acids is 1. The minimum atomic E-state index is -0.285. The first-order chi connectivity index (χ1) is 9.61. The van der Waals surface area contributed by atoms with Crippen LogP contribution in [-0.2, 0) is 0 Å². The highest BCUT2D eigenvalue weighted by Gasteiger charge is 2.14. The number of rotatable bonds is 4. The summed E-state index contributed by atoms with van der Waals surface area (Å²) in [5, 5.41) is 2.72. The van der Waals surface area contributed by atoms with E-state index in [2.05, 4.69) is 26.2 Å². The van der Waals surface area contributed by atoms with Crippen LogP contribution < -0.4 is 15.8 Å². The maximum atomic E-state index is 12.3. The van der Waals surface area contributed by atoms with Crippen molar-refractivity contribution in [3.8, 4) is 5.75 Å². The first kappa shape index (κ1) is 14.3. The van der Waals surface area contributed by atoms with Gasteiger partial charge in [0.2, 0.25) is 0 Å². The van der Waals surface area contributed by atoms with Crippen molar-refractivity contribution in [2.24, 2.45) is 0 Å². The molecule has 2 aromatic rings. The quantitative estimate of drug-likeness (QED) is 0.900. The number of benzene rings is 1. The van der Waals surface area contributed by atoms with Crippen LogP contribution in [0.3, 0.4) is 0 Å². The number of amides is 1. The number of para-hydroxylation sites is 1. The summed E-state index contributed by atoms with van der Waals surface area (Å²) in [5.74, 6) is 0.668. The Hall–Kier alpha value is -2.08. The zero-order chi connectivity index (χ0) is 14.5. The van der Waals surface area contributed by atoms with Crippen LogP contribution >= 0.6 is 15.9 Å². The van der Waals surface area contributed by atoms with Crippen molar-refractivity contribution in [3.63, 3.8) is 0 Å². The van der Waals surface area contributed by atoms with Gasteiger partial charge in [0.1, 0.15) is 11.6 Å². The predicted octanol–water partition coefficient (Wildman–Crippen LogP) is 3.08. The molecular weight excluding hydrogens is 322 g/mol. The van der Waals surface area contributed by atoms with Crippen LogP contribution in [0, 0.1) is 0 Å². The molecule has 1 aromatic heterocycles. The number of ether oxygens (including phenoxy) is 1. The van der Waals surface area contributed by atoms with Crippen LogP contribution in [0.15, 0.2) is 41.0 Å². The van der Waals surface area contributed by atoms with Crippen LogP contribution in [0.4, 0.5) is 11.5 Å². The van der Waals surface area contributed by atoms with Gasteiger partial charge in [-0.15, -0.1) is 0 Å². The lowest BCUT2D eigenvalue weighted by atomic mass is 10.2. The van der Waals surface area contributed by atoms with Gasteiger partial charge in [-0.25, -0.2) is 4.98 Å². The molecule has 1 aromatic carbocycles. The Kier molecular flexibility index (Phi) is 4.57. The SMILES string of the molecule is CCOc1ccccc1C(=O)Nc1ncc(N)cc1Br. The molecule has 1 heterocycles. The smallest absolute Gasteiger partial charge is 0.260 e. The highest BCUT2D eigenvalue weighted by atomic mass is 79.9. The van der Waals surface area contributed by atoms with Crippen molar-refractivity contribution in [1.82, 2.24) is 4.98 Å². The standard InChI is InChI=1S/C14H14BrN3O2/c1-2-20-12-6-4-3-5-10(12)14(19)18-13-11(15)7-9(16)8-17-13/h3-8H,2,16H2,1H3,(H,17,18,19). The van der Waals surface area contributed by atoms with E-state index in [-0.39, 0.29) is 5.91 Å². The minimum absolute atomic E-state index is 0.285. The van der Waals surface area contributed by atoms with Gasteiger partial charge < -0.3 is 15.8 Å². The van der Waals surface area contributed by atoms with E-state index in [0.717, 1.165) is 0 Å². The second-order valence-corrected chi connectivity index (χ2v) is 4.84. The number of hydrogen-bond acceptors (Lipinski definition) is 4. The molecule has 0 radical (unpaired) electrons. The Morgan fingerprint density at radius 2 is 2.20 bits per heavy atom. The van der Waals surface area contributed by atoms with Crippen LogP contribution in [-0.4, -0.2) is 17.5 Å². The molecule has 0 fully saturated rings. The molecule has 0 aliphatic rings. The van der Waals surface area contributed by atoms with E-state index in [9.17, 15) is 4.79 Å². The number of aromatic nitrogens is 1. The monoisotopic (exact) mass is 335 g/mol. The first-order valence-corrected chi connectivity index (χ1v) is 6.85. The molecule has 0 unspecified atom stereocenters. The average Bonchev–Trinajstić information content (AvgIpc) is 2.43. The van der Waals surface area contributed by atoms with Gasteiger partial charge in [-0.1, -0.05) is 12.1 Å². The summed E-state index contributed by atoms with van der Waals surface area (Å²) < 4.78 is 6.06. The lowest BCUT2D eigenvalue weighted by Crippen LogP contribution is -2.15. The molecule has 0 aliphatic heterocycles. The molecule has 5 nitrogen and oxygen atoms in total. The normalized spacial score (nSPS) is 10.1. The maximum absolute atomic E-state index is 12.3. The summed E-state index contributed by atoms with van der Waals surface area (Å²) in [4.78, 5) is 16.3. The molecule has 0 spiro atoms. The molecule has 0 atom stereocenters. The fourth-order valence-corrected chi connectivity index (χ4v) is 2.12. The number of anilines is 2. The van der Waals surface area contributed by atoms with Crippen molar-refractivity contribution in [2.45, 2.75) is 6.92 Å². The topological polar surface area (TPSA) is 77.2 Å². The third-order valence-corrected chi connectivity index (χ3v) is 3.13. The molecule has 0 saturated carbocycles. The van der Waals surface area contributed by atoms with E-state index in [1.54, 1.807) is 24.3 Å². The van der Waals surface area contributed by atoms with E-state index >= 15 is 0 Å². The van der Waals surface area contributed by atoms with Gasteiger partial charge in [-0.05, 0) is 41.1 Å². The number of halogens is 1. The van der Waals surface area contributed by atoms with Gasteiger partial charge in [0.05, 0.1) is 28.5 Å². The Bertz CT molecular complexity index is 632. The summed E-state index contributed by atoms with van der Waals surface area (Å²) in [6.07, 6.45) is 1.48. The lowest BCUT2D eigenvalue weighted by Gasteiger charge is -2.11. The molecule has 3 N–H and O–H groups in total. The Balaban J connectivity index is 2.24. The average molecular weight is 336 g/mol. The molecule has 6 heteroatoms. The molecule has 104 valence electrons.